The molecule has 24 heavy (non-hydrogen) atoms. The molecule has 0 aliphatic carbocycles. The Morgan fingerprint density at radius 3 is 2.38 bits per heavy atom. The van der Waals surface area contributed by atoms with E-state index in [-0.39, 0.29) is 4.90 Å². The molecule has 1 unspecified atom stereocenters. The van der Waals surface area contributed by atoms with Crippen LogP contribution in [0.3, 0.4) is 0 Å². The Labute approximate surface area is 141 Å². The molecule has 136 valence electrons. The summed E-state index contributed by atoms with van der Waals surface area (Å²) >= 11 is 0. The van der Waals surface area contributed by atoms with Crippen molar-refractivity contribution >= 4 is 22.5 Å². The highest BCUT2D eigenvalue weighted by Crippen LogP contribution is 2.26. The van der Waals surface area contributed by atoms with Gasteiger partial charge in [0.05, 0.1) is 0 Å². The third kappa shape index (κ3) is 7.78. The number of nitrogens with one attached hydrogen (secondary N) is 2. The minimum absolute atomic E-state index is 0.314. The maximum Gasteiger partial charge on any atom is 0.475 e. The molecule has 0 radical (unpaired) electrons. The zero-order valence-electron chi connectivity index (χ0n) is 13.3. The summed E-state index contributed by atoms with van der Waals surface area (Å²) in [7, 11) is -3.07. The van der Waals surface area contributed by atoms with Crippen molar-refractivity contribution in [3.8, 4) is 0 Å². The van der Waals surface area contributed by atoms with Crippen LogP contribution in [0.25, 0.3) is 0 Å². The van der Waals surface area contributed by atoms with Gasteiger partial charge in [0, 0.05) is 30.3 Å². The summed E-state index contributed by atoms with van der Waals surface area (Å²) in [6.45, 7) is 3.75. The Bertz CT molecular complexity index is 536. The maximum absolute atomic E-state index is 12.3. The molecule has 0 aliphatic heterocycles. The van der Waals surface area contributed by atoms with Gasteiger partial charge in [-0.25, -0.2) is 9.00 Å². The average Bonchev–Trinajstić information content (AvgIpc) is 2.53. The second-order valence-corrected chi connectivity index (χ2v) is 6.41. The number of ether oxygens (including phenoxy) is 1. The smallest absolute Gasteiger partial charge is 0.381 e. The van der Waals surface area contributed by atoms with E-state index in [1.165, 1.54) is 12.1 Å². The number of carbonyl (C=O) groups excluding carboxylic acids is 1. The van der Waals surface area contributed by atoms with Crippen LogP contribution in [0.2, 0.25) is 0 Å². The van der Waals surface area contributed by atoms with Gasteiger partial charge in [-0.15, -0.1) is 0 Å². The summed E-state index contributed by atoms with van der Waals surface area (Å²) in [5, 5.41) is 5.10. The number of unbranched alkanes of at least 4 members (excludes halogenated alkanes) is 1. The molecule has 0 heterocycles. The first kappa shape index (κ1) is 20.4. The quantitative estimate of drug-likeness (QED) is 0.656. The number of amides is 2. The molecule has 1 atom stereocenters. The first-order valence-corrected chi connectivity index (χ1v) is 8.71. The minimum atomic E-state index is -4.80. The van der Waals surface area contributed by atoms with E-state index in [4.69, 9.17) is 4.74 Å². The molecular weight excluding hydrogens is 345 g/mol. The van der Waals surface area contributed by atoms with Crippen molar-refractivity contribution in [2.24, 2.45) is 0 Å². The van der Waals surface area contributed by atoms with Crippen molar-refractivity contribution in [1.82, 2.24) is 5.32 Å². The highest BCUT2D eigenvalue weighted by Gasteiger charge is 2.37. The minimum Gasteiger partial charge on any atom is -0.381 e. The maximum atomic E-state index is 12.3. The average molecular weight is 366 g/mol. The lowest BCUT2D eigenvalue weighted by Gasteiger charge is -2.09. The largest absolute Gasteiger partial charge is 0.475 e. The van der Waals surface area contributed by atoms with Crippen LogP contribution in [0.4, 0.5) is 23.7 Å². The van der Waals surface area contributed by atoms with Gasteiger partial charge in [0.2, 0.25) is 0 Å². The molecule has 2 amide bonds. The fourth-order valence-corrected chi connectivity index (χ4v) is 2.35. The van der Waals surface area contributed by atoms with E-state index < -0.39 is 22.3 Å². The van der Waals surface area contributed by atoms with Gasteiger partial charge in [0.1, 0.15) is 0 Å². The van der Waals surface area contributed by atoms with Crippen molar-refractivity contribution in [3.63, 3.8) is 0 Å². The molecule has 0 saturated carbocycles. The van der Waals surface area contributed by atoms with Gasteiger partial charge in [-0.05, 0) is 37.1 Å². The number of carbonyl (C=O) groups is 1. The number of benzene rings is 1. The number of anilines is 1. The van der Waals surface area contributed by atoms with Gasteiger partial charge >= 0.3 is 11.5 Å². The summed E-state index contributed by atoms with van der Waals surface area (Å²) in [5.74, 6) is 0. The standard InChI is InChI=1S/C15H21F3N2O3S/c1-2-3-10-23-11-4-9-19-14(21)20-12-5-7-13(8-6-12)24(22)15(16,17)18/h5-8H,2-4,9-11H2,1H3,(H2,19,20,21). The molecule has 0 aliphatic rings. The van der Waals surface area contributed by atoms with Crippen molar-refractivity contribution < 1.29 is 26.9 Å². The van der Waals surface area contributed by atoms with Crippen LogP contribution in [-0.4, -0.2) is 35.5 Å². The van der Waals surface area contributed by atoms with E-state index in [1.54, 1.807) is 0 Å². The van der Waals surface area contributed by atoms with Gasteiger partial charge in [-0.2, -0.15) is 13.2 Å². The summed E-state index contributed by atoms with van der Waals surface area (Å²) in [6, 6.07) is 4.22. The lowest BCUT2D eigenvalue weighted by molar-refractivity contribution is -0.0384. The van der Waals surface area contributed by atoms with Crippen LogP contribution < -0.4 is 10.6 Å². The van der Waals surface area contributed by atoms with Crippen molar-refractivity contribution in [1.29, 1.82) is 0 Å². The number of hydrogen-bond acceptors (Lipinski definition) is 3. The summed E-state index contributed by atoms with van der Waals surface area (Å²) in [4.78, 5) is 11.3. The number of hydrogen-bond donors (Lipinski definition) is 2. The Hall–Kier alpha value is -1.61. The molecule has 1 rings (SSSR count). The van der Waals surface area contributed by atoms with Crippen molar-refractivity contribution in [2.75, 3.05) is 25.1 Å². The van der Waals surface area contributed by atoms with Gasteiger partial charge in [0.15, 0.2) is 10.8 Å². The van der Waals surface area contributed by atoms with Gasteiger partial charge < -0.3 is 15.4 Å². The Balaban J connectivity index is 2.31. The predicted octanol–water partition coefficient (Wildman–Crippen LogP) is 3.64. The molecular formula is C15H21F3N2O3S. The number of urea groups is 1. The molecule has 1 aromatic rings. The molecule has 0 spiro atoms. The number of halogens is 3. The van der Waals surface area contributed by atoms with E-state index in [0.29, 0.717) is 31.9 Å². The van der Waals surface area contributed by atoms with Crippen LogP contribution in [0.5, 0.6) is 0 Å². The first-order chi connectivity index (χ1) is 11.3. The van der Waals surface area contributed by atoms with Gasteiger partial charge in [0.25, 0.3) is 0 Å². The molecule has 0 aromatic heterocycles. The Morgan fingerprint density at radius 2 is 1.79 bits per heavy atom. The molecule has 1 aromatic carbocycles. The SMILES string of the molecule is CCCCOCCCNC(=O)Nc1ccc(S(=O)C(F)(F)F)cc1. The first-order valence-electron chi connectivity index (χ1n) is 7.56. The van der Waals surface area contributed by atoms with Crippen LogP contribution in [0.1, 0.15) is 26.2 Å². The third-order valence-corrected chi connectivity index (χ3v) is 4.05. The third-order valence-electron chi connectivity index (χ3n) is 2.93. The highest BCUT2D eigenvalue weighted by molar-refractivity contribution is 7.86. The Morgan fingerprint density at radius 1 is 1.17 bits per heavy atom. The van der Waals surface area contributed by atoms with Crippen LogP contribution >= 0.6 is 0 Å². The van der Waals surface area contributed by atoms with E-state index in [0.717, 1.165) is 25.0 Å². The zero-order valence-corrected chi connectivity index (χ0v) is 14.1. The normalized spacial score (nSPS) is 12.7. The fourth-order valence-electron chi connectivity index (χ4n) is 1.70. The summed E-state index contributed by atoms with van der Waals surface area (Å²) < 4.78 is 53.5. The monoisotopic (exact) mass is 366 g/mol. The van der Waals surface area contributed by atoms with Crippen LogP contribution in [0.15, 0.2) is 29.2 Å². The van der Waals surface area contributed by atoms with Crippen molar-refractivity contribution in [3.05, 3.63) is 24.3 Å². The molecule has 9 heteroatoms. The zero-order chi connectivity index (χ0) is 18.0. The predicted molar refractivity (Wildman–Crippen MR) is 86.3 cm³/mol. The van der Waals surface area contributed by atoms with Crippen molar-refractivity contribution in [2.45, 2.75) is 36.6 Å². The van der Waals surface area contributed by atoms with E-state index in [1.807, 2.05) is 0 Å². The summed E-state index contributed by atoms with van der Waals surface area (Å²) in [5.41, 5.74) is -4.49. The topological polar surface area (TPSA) is 67.4 Å². The fraction of sp³-hybridized carbons (Fsp3) is 0.533. The van der Waals surface area contributed by atoms with E-state index >= 15 is 0 Å². The van der Waals surface area contributed by atoms with Gasteiger partial charge in [-0.1, -0.05) is 13.3 Å². The van der Waals surface area contributed by atoms with Gasteiger partial charge in [-0.3, -0.25) is 0 Å². The van der Waals surface area contributed by atoms with E-state index in [2.05, 4.69) is 17.6 Å². The number of rotatable bonds is 9. The van der Waals surface area contributed by atoms with E-state index in [9.17, 15) is 22.2 Å². The lowest BCUT2D eigenvalue weighted by Crippen LogP contribution is -2.30. The lowest BCUT2D eigenvalue weighted by atomic mass is 10.3. The Kier molecular flexibility index (Phi) is 8.77. The molecule has 2 N–H and O–H groups in total. The second-order valence-electron chi connectivity index (χ2n) is 4.94. The molecule has 5 nitrogen and oxygen atoms in total. The van der Waals surface area contributed by atoms with Crippen LogP contribution in [0, 0.1) is 0 Å². The molecule has 0 fully saturated rings. The number of alkyl halides is 3. The molecule has 0 saturated heterocycles. The summed E-state index contributed by atoms with van der Waals surface area (Å²) in [6.07, 6.45) is 2.74. The highest BCUT2D eigenvalue weighted by atomic mass is 32.2. The second kappa shape index (κ2) is 10.3. The van der Waals surface area contributed by atoms with Crippen LogP contribution in [-0.2, 0) is 15.5 Å². The molecule has 0 bridgehead atoms.